The van der Waals surface area contributed by atoms with Crippen molar-refractivity contribution < 1.29 is 14.3 Å². The van der Waals surface area contributed by atoms with Gasteiger partial charge in [-0.05, 0) is 32.9 Å². The SMILES string of the molecule is Cc1ccc(NC(=O)Nc2nnc(SCC(=O)N3C[C@@H](C)O[C@H](C)C3)s2)cc1. The molecular formula is C18H23N5O3S2. The zero-order valence-electron chi connectivity index (χ0n) is 16.0. The maximum absolute atomic E-state index is 12.4. The first-order valence-electron chi connectivity index (χ1n) is 8.93. The monoisotopic (exact) mass is 421 g/mol. The number of nitrogens with zero attached hydrogens (tertiary/aromatic N) is 3. The number of morpholine rings is 1. The van der Waals surface area contributed by atoms with Gasteiger partial charge in [-0.1, -0.05) is 40.8 Å². The number of urea groups is 1. The van der Waals surface area contributed by atoms with Crippen molar-refractivity contribution in [2.45, 2.75) is 37.3 Å². The molecule has 0 spiro atoms. The third-order valence-corrected chi connectivity index (χ3v) is 5.98. The highest BCUT2D eigenvalue weighted by atomic mass is 32.2. The Labute approximate surface area is 172 Å². The number of nitrogens with one attached hydrogen (secondary N) is 2. The van der Waals surface area contributed by atoms with Crippen LogP contribution in [-0.4, -0.2) is 58.1 Å². The molecule has 1 aromatic carbocycles. The number of hydrogen-bond donors (Lipinski definition) is 2. The normalized spacial score (nSPS) is 19.3. The molecule has 3 amide bonds. The summed E-state index contributed by atoms with van der Waals surface area (Å²) in [5.74, 6) is 0.331. The molecule has 1 saturated heterocycles. The number of anilines is 2. The highest BCUT2D eigenvalue weighted by Crippen LogP contribution is 2.26. The second-order valence-corrected chi connectivity index (χ2v) is 8.86. The van der Waals surface area contributed by atoms with Crippen molar-refractivity contribution in [1.29, 1.82) is 0 Å². The topological polar surface area (TPSA) is 96.4 Å². The van der Waals surface area contributed by atoms with Gasteiger partial charge < -0.3 is 15.0 Å². The second-order valence-electron chi connectivity index (χ2n) is 6.66. The van der Waals surface area contributed by atoms with Gasteiger partial charge in [-0.25, -0.2) is 4.79 Å². The van der Waals surface area contributed by atoms with Crippen LogP contribution in [-0.2, 0) is 9.53 Å². The van der Waals surface area contributed by atoms with Crippen molar-refractivity contribution >= 4 is 45.9 Å². The number of carbonyl (C=O) groups excluding carboxylic acids is 2. The lowest BCUT2D eigenvalue weighted by Crippen LogP contribution is -2.48. The van der Waals surface area contributed by atoms with Crippen LogP contribution in [0, 0.1) is 6.92 Å². The Hall–Kier alpha value is -2.17. The van der Waals surface area contributed by atoms with Gasteiger partial charge in [-0.15, -0.1) is 10.2 Å². The lowest BCUT2D eigenvalue weighted by molar-refractivity contribution is -0.140. The smallest absolute Gasteiger partial charge is 0.325 e. The third kappa shape index (κ3) is 5.91. The third-order valence-electron chi connectivity index (χ3n) is 4.03. The summed E-state index contributed by atoms with van der Waals surface area (Å²) in [6.07, 6.45) is 0.0872. The number of thioether (sulfide) groups is 1. The summed E-state index contributed by atoms with van der Waals surface area (Å²) in [6.45, 7) is 7.12. The molecule has 2 atom stereocenters. The van der Waals surface area contributed by atoms with Crippen LogP contribution in [0.15, 0.2) is 28.6 Å². The van der Waals surface area contributed by atoms with E-state index in [0.717, 1.165) is 5.56 Å². The van der Waals surface area contributed by atoms with Crippen molar-refractivity contribution in [1.82, 2.24) is 15.1 Å². The fraction of sp³-hybridized carbons (Fsp3) is 0.444. The van der Waals surface area contributed by atoms with E-state index in [9.17, 15) is 9.59 Å². The van der Waals surface area contributed by atoms with E-state index >= 15 is 0 Å². The molecule has 10 heteroatoms. The first-order valence-corrected chi connectivity index (χ1v) is 10.7. The fourth-order valence-corrected chi connectivity index (χ4v) is 4.46. The molecule has 3 rings (SSSR count). The molecule has 1 aliphatic heterocycles. The molecular weight excluding hydrogens is 398 g/mol. The quantitative estimate of drug-likeness (QED) is 0.568. The van der Waals surface area contributed by atoms with Gasteiger partial charge in [0.25, 0.3) is 0 Å². The summed E-state index contributed by atoms with van der Waals surface area (Å²) in [5.41, 5.74) is 1.81. The van der Waals surface area contributed by atoms with E-state index in [-0.39, 0.29) is 29.9 Å². The van der Waals surface area contributed by atoms with Gasteiger partial charge in [0.05, 0.1) is 18.0 Å². The van der Waals surface area contributed by atoms with Crippen LogP contribution in [0.3, 0.4) is 0 Å². The molecule has 2 N–H and O–H groups in total. The lowest BCUT2D eigenvalue weighted by atomic mass is 10.2. The van der Waals surface area contributed by atoms with Crippen molar-refractivity contribution in [2.75, 3.05) is 29.5 Å². The van der Waals surface area contributed by atoms with E-state index in [1.54, 1.807) is 0 Å². The molecule has 2 heterocycles. The standard InChI is InChI=1S/C18H23N5O3S2/c1-11-4-6-14(7-5-11)19-16(25)20-17-21-22-18(28-17)27-10-15(24)23-8-12(2)26-13(3)9-23/h4-7,12-13H,8-10H2,1-3H3,(H2,19,20,21,25)/t12-,13-/m1/s1. The zero-order chi connectivity index (χ0) is 20.1. The van der Waals surface area contributed by atoms with Crippen LogP contribution >= 0.6 is 23.1 Å². The van der Waals surface area contributed by atoms with Crippen LogP contribution in [0.2, 0.25) is 0 Å². The first-order chi connectivity index (χ1) is 13.4. The van der Waals surface area contributed by atoms with Crippen molar-refractivity contribution in [3.63, 3.8) is 0 Å². The summed E-state index contributed by atoms with van der Waals surface area (Å²) in [4.78, 5) is 26.3. The van der Waals surface area contributed by atoms with Gasteiger partial charge in [0, 0.05) is 18.8 Å². The Morgan fingerprint density at radius 2 is 1.86 bits per heavy atom. The van der Waals surface area contributed by atoms with Gasteiger partial charge in [0.15, 0.2) is 4.34 Å². The Morgan fingerprint density at radius 1 is 1.18 bits per heavy atom. The minimum atomic E-state index is -0.385. The van der Waals surface area contributed by atoms with Gasteiger partial charge in [-0.3, -0.25) is 10.1 Å². The van der Waals surface area contributed by atoms with E-state index in [0.29, 0.717) is 28.2 Å². The average molecular weight is 422 g/mol. The Balaban J connectivity index is 1.46. The average Bonchev–Trinajstić information content (AvgIpc) is 3.08. The Kier molecular flexibility index (Phi) is 6.87. The summed E-state index contributed by atoms with van der Waals surface area (Å²) >= 11 is 2.56. The van der Waals surface area contributed by atoms with Crippen LogP contribution in [0.5, 0.6) is 0 Å². The number of benzene rings is 1. The summed E-state index contributed by atoms with van der Waals surface area (Å²) in [5, 5.41) is 13.8. The molecule has 1 fully saturated rings. The van der Waals surface area contributed by atoms with Gasteiger partial charge in [0.2, 0.25) is 11.0 Å². The molecule has 1 aliphatic rings. The minimum Gasteiger partial charge on any atom is -0.372 e. The van der Waals surface area contributed by atoms with Crippen LogP contribution in [0.25, 0.3) is 0 Å². The Bertz CT molecular complexity index is 817. The second kappa shape index (κ2) is 9.35. The van der Waals surface area contributed by atoms with Crippen LogP contribution in [0.4, 0.5) is 15.6 Å². The number of ether oxygens (including phenoxy) is 1. The summed E-state index contributed by atoms with van der Waals surface area (Å²) < 4.78 is 6.28. The van der Waals surface area contributed by atoms with Crippen molar-refractivity contribution in [3.05, 3.63) is 29.8 Å². The molecule has 0 saturated carbocycles. The van der Waals surface area contributed by atoms with E-state index in [1.807, 2.05) is 49.9 Å². The number of aromatic nitrogens is 2. The molecule has 1 aromatic heterocycles. The molecule has 2 aromatic rings. The highest BCUT2D eigenvalue weighted by Gasteiger charge is 2.26. The highest BCUT2D eigenvalue weighted by molar-refractivity contribution is 8.01. The number of carbonyl (C=O) groups is 2. The zero-order valence-corrected chi connectivity index (χ0v) is 17.6. The molecule has 0 unspecified atom stereocenters. The largest absolute Gasteiger partial charge is 0.372 e. The molecule has 0 radical (unpaired) electrons. The summed E-state index contributed by atoms with van der Waals surface area (Å²) in [7, 11) is 0. The predicted octanol–water partition coefficient (Wildman–Crippen LogP) is 3.22. The minimum absolute atomic E-state index is 0.0436. The van der Waals surface area contributed by atoms with E-state index in [2.05, 4.69) is 20.8 Å². The Morgan fingerprint density at radius 3 is 2.54 bits per heavy atom. The summed E-state index contributed by atoms with van der Waals surface area (Å²) in [6, 6.07) is 7.11. The number of hydrogen-bond acceptors (Lipinski definition) is 7. The van der Waals surface area contributed by atoms with Crippen LogP contribution < -0.4 is 10.6 Å². The van der Waals surface area contributed by atoms with Gasteiger partial charge >= 0.3 is 6.03 Å². The number of rotatable bonds is 5. The molecule has 28 heavy (non-hydrogen) atoms. The number of aryl methyl sites for hydroxylation is 1. The first kappa shape index (κ1) is 20.6. The molecule has 0 aliphatic carbocycles. The molecule has 0 bridgehead atoms. The molecule has 150 valence electrons. The van der Waals surface area contributed by atoms with Gasteiger partial charge in [-0.2, -0.15) is 0 Å². The predicted molar refractivity (Wildman–Crippen MR) is 111 cm³/mol. The van der Waals surface area contributed by atoms with E-state index < -0.39 is 0 Å². The maximum atomic E-state index is 12.4. The van der Waals surface area contributed by atoms with Crippen molar-refractivity contribution in [2.24, 2.45) is 0 Å². The van der Waals surface area contributed by atoms with Crippen LogP contribution in [0.1, 0.15) is 19.4 Å². The van der Waals surface area contributed by atoms with Gasteiger partial charge in [0.1, 0.15) is 0 Å². The fourth-order valence-electron chi connectivity index (χ4n) is 2.81. The number of amides is 3. The van der Waals surface area contributed by atoms with Crippen molar-refractivity contribution in [3.8, 4) is 0 Å². The maximum Gasteiger partial charge on any atom is 0.325 e. The molecule has 8 nitrogen and oxygen atoms in total. The van der Waals surface area contributed by atoms with E-state index in [4.69, 9.17) is 4.74 Å². The van der Waals surface area contributed by atoms with E-state index in [1.165, 1.54) is 23.1 Å². The lowest BCUT2D eigenvalue weighted by Gasteiger charge is -2.35.